The predicted molar refractivity (Wildman–Crippen MR) is 267 cm³/mol. The quantitative estimate of drug-likeness (QED) is 0.113. The van der Waals surface area contributed by atoms with Gasteiger partial charge in [-0.3, -0.25) is 4.57 Å². The van der Waals surface area contributed by atoms with Crippen molar-refractivity contribution in [2.75, 3.05) is 4.90 Å². The molecule has 0 unspecified atom stereocenters. The average Bonchev–Trinajstić information content (AvgIpc) is 4.05. The fraction of sp³-hybridized carbons (Fsp3) is 0.0833. The van der Waals surface area contributed by atoms with Gasteiger partial charge in [0.25, 0.3) is 6.33 Å². The Hall–Kier alpha value is -7.84. The van der Waals surface area contributed by atoms with Crippen molar-refractivity contribution in [3.63, 3.8) is 0 Å². The third-order valence-corrected chi connectivity index (χ3v) is 11.6. The summed E-state index contributed by atoms with van der Waals surface area (Å²) in [4.78, 5) is 6.57. The van der Waals surface area contributed by atoms with Crippen LogP contribution >= 0.6 is 0 Å². The van der Waals surface area contributed by atoms with Gasteiger partial charge in [-0.25, -0.2) is 4.98 Å². The summed E-state index contributed by atoms with van der Waals surface area (Å²) in [5.74, 6) is 0.653. The number of imidazole rings is 1. The molecule has 0 spiro atoms. The molecule has 3 aromatic heterocycles. The molecule has 0 aliphatic carbocycles. The summed E-state index contributed by atoms with van der Waals surface area (Å²) in [5, 5.41) is 11.8. The largest absolute Gasteiger partial charge is 0.359 e. The fourth-order valence-corrected chi connectivity index (χ4v) is 8.51. The SMILES string of the molecule is [2H]c1c([2H])c([2H])c(-c2cccc(-c3c([2H])c([2H])c([2H])c([2H])c3[2H])c2-[n+]2[c-]n(-c3[c-]c(N(c4[c-]c5c(cc4)c4ccccc4n5-c4cc(C(C)(C)C)ccn4)c4ccc(C#N)cc4C([2H])([2H])[2H])ccc3)c3ccccc32)c([2H])c1[2H].[Pt]. The van der Waals surface area contributed by atoms with Crippen molar-refractivity contribution < 1.29 is 43.5 Å². The predicted octanol–water partition coefficient (Wildman–Crippen LogP) is 14.1. The van der Waals surface area contributed by atoms with Crippen LogP contribution in [0.4, 0.5) is 17.1 Å². The zero-order valence-electron chi connectivity index (χ0n) is 49.2. The van der Waals surface area contributed by atoms with Crippen molar-refractivity contribution in [1.82, 2.24) is 14.1 Å². The number of fused-ring (bicyclic) bond motifs is 4. The Morgan fingerprint density at radius 3 is 2.10 bits per heavy atom. The van der Waals surface area contributed by atoms with Gasteiger partial charge in [0.15, 0.2) is 0 Å². The van der Waals surface area contributed by atoms with Gasteiger partial charge in [0.1, 0.15) is 5.82 Å². The molecule has 3 heterocycles. The molecule has 0 aliphatic rings. The first-order chi connectivity index (χ1) is 37.6. The Labute approximate surface area is 423 Å². The molecule has 11 aromatic rings. The monoisotopic (exact) mass is 1060 g/mol. The summed E-state index contributed by atoms with van der Waals surface area (Å²) < 4.78 is 119. The molecule has 0 radical (unpaired) electrons. The van der Waals surface area contributed by atoms with Crippen LogP contribution < -0.4 is 9.47 Å². The summed E-state index contributed by atoms with van der Waals surface area (Å²) >= 11 is 0. The normalized spacial score (nSPS) is 14.4. The molecular formula is C60H44N6Pt-2. The van der Waals surface area contributed by atoms with E-state index in [-0.39, 0.29) is 71.2 Å². The minimum atomic E-state index is -2.71. The smallest absolute Gasteiger partial charge is 0.268 e. The summed E-state index contributed by atoms with van der Waals surface area (Å²) in [6, 6.07) is 40.9. The number of aryl methyl sites for hydroxylation is 1. The van der Waals surface area contributed by atoms with E-state index in [4.69, 9.17) is 22.8 Å². The Balaban J connectivity index is 0.00000720. The number of benzene rings is 8. The van der Waals surface area contributed by atoms with Crippen molar-refractivity contribution >= 4 is 49.9 Å². The van der Waals surface area contributed by atoms with E-state index in [2.05, 4.69) is 51.4 Å². The molecule has 11 rings (SSSR count). The molecule has 0 saturated carbocycles. The first-order valence-corrected chi connectivity index (χ1v) is 21.1. The van der Waals surface area contributed by atoms with Crippen LogP contribution in [0.5, 0.6) is 0 Å². The zero-order valence-corrected chi connectivity index (χ0v) is 38.5. The van der Waals surface area contributed by atoms with Gasteiger partial charge >= 0.3 is 0 Å². The molecule has 8 aromatic carbocycles. The first-order valence-electron chi connectivity index (χ1n) is 27.6. The van der Waals surface area contributed by atoms with E-state index in [1.807, 2.05) is 47.0 Å². The molecule has 67 heavy (non-hydrogen) atoms. The number of aromatic nitrogens is 4. The summed E-state index contributed by atoms with van der Waals surface area (Å²) in [7, 11) is 0. The molecule has 6 nitrogen and oxygen atoms in total. The van der Waals surface area contributed by atoms with E-state index in [9.17, 15) is 5.26 Å². The second-order valence-electron chi connectivity index (χ2n) is 16.7. The van der Waals surface area contributed by atoms with E-state index in [0.717, 1.165) is 21.9 Å². The molecule has 0 aliphatic heterocycles. The number of hydrogen-bond acceptors (Lipinski definition) is 3. The number of hydrogen-bond donors (Lipinski definition) is 0. The van der Waals surface area contributed by atoms with Gasteiger partial charge in [-0.15, -0.1) is 23.6 Å². The average molecular weight is 1060 g/mol. The minimum absolute atomic E-state index is 0. The van der Waals surface area contributed by atoms with Crippen molar-refractivity contribution in [2.45, 2.75) is 33.0 Å². The first kappa shape index (κ1) is 30.4. The Morgan fingerprint density at radius 2 is 1.39 bits per heavy atom. The maximum absolute atomic E-state index is 10.0. The minimum Gasteiger partial charge on any atom is -0.359 e. The van der Waals surface area contributed by atoms with Crippen LogP contribution in [0, 0.1) is 36.6 Å². The van der Waals surface area contributed by atoms with E-state index < -0.39 is 67.3 Å². The van der Waals surface area contributed by atoms with Crippen LogP contribution in [-0.2, 0) is 26.5 Å². The van der Waals surface area contributed by atoms with Crippen molar-refractivity contribution in [2.24, 2.45) is 0 Å². The van der Waals surface area contributed by atoms with Gasteiger partial charge in [-0.1, -0.05) is 159 Å². The van der Waals surface area contributed by atoms with Crippen LogP contribution in [0.25, 0.3) is 72.3 Å². The molecular weight excluding hydrogens is 1000 g/mol. The summed E-state index contributed by atoms with van der Waals surface area (Å²) in [6.07, 6.45) is 5.19. The van der Waals surface area contributed by atoms with E-state index >= 15 is 0 Å². The van der Waals surface area contributed by atoms with Crippen LogP contribution in [0.15, 0.2) is 194 Å². The van der Waals surface area contributed by atoms with Gasteiger partial charge in [-0.05, 0) is 93.1 Å². The summed E-state index contributed by atoms with van der Waals surface area (Å²) in [5.41, 5.74) is 4.56. The van der Waals surface area contributed by atoms with Gasteiger partial charge in [-0.2, -0.15) is 29.5 Å². The molecule has 0 bridgehead atoms. The van der Waals surface area contributed by atoms with Crippen molar-refractivity contribution in [1.29, 1.82) is 5.26 Å². The number of anilines is 3. The van der Waals surface area contributed by atoms with Crippen LogP contribution in [0.2, 0.25) is 0 Å². The maximum atomic E-state index is 10.0. The molecule has 326 valence electrons. The molecule has 0 N–H and O–H groups in total. The number of nitriles is 1. The van der Waals surface area contributed by atoms with E-state index in [1.54, 1.807) is 87.0 Å². The number of para-hydroxylation sites is 4. The number of rotatable bonds is 8. The van der Waals surface area contributed by atoms with Gasteiger partial charge in [0.05, 0.1) is 42.1 Å². The van der Waals surface area contributed by atoms with Crippen LogP contribution in [0.1, 0.15) is 55.3 Å². The van der Waals surface area contributed by atoms with Crippen molar-refractivity contribution in [3.05, 3.63) is 229 Å². The molecule has 7 heteroatoms. The van der Waals surface area contributed by atoms with Gasteiger partial charge in [0.2, 0.25) is 0 Å². The van der Waals surface area contributed by atoms with Gasteiger partial charge < -0.3 is 14.0 Å². The van der Waals surface area contributed by atoms with E-state index in [0.29, 0.717) is 39.4 Å². The molecule has 0 atom stereocenters. The van der Waals surface area contributed by atoms with Gasteiger partial charge in [0, 0.05) is 42.6 Å². The van der Waals surface area contributed by atoms with Crippen LogP contribution in [-0.4, -0.2) is 14.1 Å². The Kier molecular flexibility index (Phi) is 7.94. The molecule has 0 amide bonds. The number of pyridine rings is 1. The second kappa shape index (κ2) is 17.5. The van der Waals surface area contributed by atoms with Crippen LogP contribution in [0.3, 0.4) is 0 Å². The maximum Gasteiger partial charge on any atom is 0.268 e. The standard InChI is InChI=1S/C60H44N6.Pt/c1-41-35-42(39-61)29-32-53(41)65(48-30-31-52-51-23-11-12-26-54(51)66(57(52)38-48)58-36-45(33-34-62-58)60(2,3)4)47-22-15-21-46(37-47)63-40-64(56-28-14-13-27-55(56)63)59-49(43-17-7-5-8-18-43)24-16-25-50(59)44-19-9-6-10-20-44;/h5-36H,1-4H3;/q-2;/i1D3,5D,6D,7D,8D,9D,10D,17D,18D,19D,20D;. The topological polar surface area (TPSA) is 53.7 Å². The fourth-order valence-electron chi connectivity index (χ4n) is 8.51. The zero-order chi connectivity index (χ0) is 56.1. The summed E-state index contributed by atoms with van der Waals surface area (Å²) in [6.45, 7) is 3.68. The molecule has 0 fully saturated rings. The molecule has 0 saturated heterocycles. The third-order valence-electron chi connectivity index (χ3n) is 11.6. The number of nitrogens with zero attached hydrogens (tertiary/aromatic N) is 6. The Morgan fingerprint density at radius 1 is 0.701 bits per heavy atom. The second-order valence-corrected chi connectivity index (χ2v) is 16.7. The Bertz CT molecular complexity index is 4260. The van der Waals surface area contributed by atoms with Crippen molar-refractivity contribution in [3.8, 4) is 45.5 Å². The third kappa shape index (κ3) is 7.72. The van der Waals surface area contributed by atoms with E-state index in [1.165, 1.54) is 12.1 Å².